The summed E-state index contributed by atoms with van der Waals surface area (Å²) in [7, 11) is 0. The average molecular weight is 386 g/mol. The lowest BCUT2D eigenvalue weighted by atomic mass is 10.1. The third-order valence-electron chi connectivity index (χ3n) is 4.61. The summed E-state index contributed by atoms with van der Waals surface area (Å²) in [6, 6.07) is 13.9. The SMILES string of the molecule is Cc1ccc(N2C(=O)NC(=O)/C(=C/c3cnn(-c4ccc(C)cc4)c3)C2=O)cc1. The summed E-state index contributed by atoms with van der Waals surface area (Å²) in [6.07, 6.45) is 4.70. The lowest BCUT2D eigenvalue weighted by Crippen LogP contribution is -2.54. The molecule has 144 valence electrons. The molecule has 4 rings (SSSR count). The van der Waals surface area contributed by atoms with E-state index in [2.05, 4.69) is 10.4 Å². The number of anilines is 1. The standard InChI is InChI=1S/C22H18N4O3/c1-14-3-7-17(8-4-14)25-13-16(12-23-25)11-19-20(27)24-22(29)26(21(19)28)18-9-5-15(2)6-10-18/h3-13H,1-2H3,(H,24,27,29)/b19-11-. The molecule has 1 aliphatic heterocycles. The van der Waals surface area contributed by atoms with Crippen molar-refractivity contribution in [1.29, 1.82) is 0 Å². The molecule has 7 nitrogen and oxygen atoms in total. The molecule has 0 bridgehead atoms. The van der Waals surface area contributed by atoms with Gasteiger partial charge in [-0.1, -0.05) is 35.4 Å². The van der Waals surface area contributed by atoms with Crippen molar-refractivity contribution < 1.29 is 14.4 Å². The number of benzene rings is 2. The van der Waals surface area contributed by atoms with Gasteiger partial charge in [-0.2, -0.15) is 5.10 Å². The number of amides is 4. The summed E-state index contributed by atoms with van der Waals surface area (Å²) in [4.78, 5) is 38.4. The van der Waals surface area contributed by atoms with Gasteiger partial charge in [0, 0.05) is 11.8 Å². The van der Waals surface area contributed by atoms with E-state index in [0.29, 0.717) is 11.3 Å². The van der Waals surface area contributed by atoms with Crippen LogP contribution in [0.4, 0.5) is 10.5 Å². The van der Waals surface area contributed by atoms with Gasteiger partial charge in [0.05, 0.1) is 17.6 Å². The Labute approximate surface area is 167 Å². The summed E-state index contributed by atoms with van der Waals surface area (Å²) in [6.45, 7) is 3.90. The van der Waals surface area contributed by atoms with Gasteiger partial charge in [-0.15, -0.1) is 0 Å². The van der Waals surface area contributed by atoms with Gasteiger partial charge in [-0.25, -0.2) is 14.4 Å². The maximum absolute atomic E-state index is 12.9. The summed E-state index contributed by atoms with van der Waals surface area (Å²) in [5.41, 5.74) is 3.82. The Morgan fingerprint density at radius 1 is 0.862 bits per heavy atom. The van der Waals surface area contributed by atoms with Gasteiger partial charge in [-0.05, 0) is 44.2 Å². The van der Waals surface area contributed by atoms with Crippen LogP contribution in [0.5, 0.6) is 0 Å². The Hall–Kier alpha value is -4.00. The predicted molar refractivity (Wildman–Crippen MR) is 108 cm³/mol. The number of rotatable bonds is 3. The van der Waals surface area contributed by atoms with Crippen LogP contribution < -0.4 is 10.2 Å². The number of hydrogen-bond donors (Lipinski definition) is 1. The molecule has 3 aromatic rings. The molecule has 1 fully saturated rings. The Morgan fingerprint density at radius 2 is 1.45 bits per heavy atom. The van der Waals surface area contributed by atoms with Crippen molar-refractivity contribution >= 4 is 29.6 Å². The number of barbiturate groups is 1. The molecule has 2 heterocycles. The normalized spacial score (nSPS) is 15.7. The molecule has 2 aromatic carbocycles. The fourth-order valence-corrected chi connectivity index (χ4v) is 3.00. The minimum atomic E-state index is -0.767. The molecule has 0 atom stereocenters. The second-order valence-corrected chi connectivity index (χ2v) is 6.85. The van der Waals surface area contributed by atoms with Crippen LogP contribution in [0.1, 0.15) is 16.7 Å². The van der Waals surface area contributed by atoms with E-state index in [-0.39, 0.29) is 5.57 Å². The number of carbonyl (C=O) groups excluding carboxylic acids is 3. The second kappa shape index (κ2) is 7.20. The van der Waals surface area contributed by atoms with E-state index in [1.807, 2.05) is 38.1 Å². The summed E-state index contributed by atoms with van der Waals surface area (Å²) in [5, 5.41) is 6.50. The number of carbonyl (C=O) groups is 3. The fraction of sp³-hybridized carbons (Fsp3) is 0.0909. The van der Waals surface area contributed by atoms with Crippen LogP contribution in [0.15, 0.2) is 66.5 Å². The molecule has 1 aromatic heterocycles. The molecule has 0 unspecified atom stereocenters. The van der Waals surface area contributed by atoms with Crippen molar-refractivity contribution in [3.05, 3.63) is 83.2 Å². The highest BCUT2D eigenvalue weighted by Gasteiger charge is 2.36. The van der Waals surface area contributed by atoms with E-state index in [4.69, 9.17) is 0 Å². The van der Waals surface area contributed by atoms with Crippen LogP contribution in [-0.2, 0) is 9.59 Å². The summed E-state index contributed by atoms with van der Waals surface area (Å²) >= 11 is 0. The number of aromatic nitrogens is 2. The molecule has 1 N–H and O–H groups in total. The van der Waals surface area contributed by atoms with E-state index >= 15 is 0 Å². The summed E-state index contributed by atoms with van der Waals surface area (Å²) in [5.74, 6) is -1.41. The van der Waals surface area contributed by atoms with Crippen molar-refractivity contribution in [2.45, 2.75) is 13.8 Å². The minimum Gasteiger partial charge on any atom is -0.273 e. The molecule has 7 heteroatoms. The van der Waals surface area contributed by atoms with Gasteiger partial charge < -0.3 is 0 Å². The second-order valence-electron chi connectivity index (χ2n) is 6.85. The third-order valence-corrected chi connectivity index (χ3v) is 4.61. The van der Waals surface area contributed by atoms with E-state index in [9.17, 15) is 14.4 Å². The first kappa shape index (κ1) is 18.4. The van der Waals surface area contributed by atoms with Crippen LogP contribution in [0.3, 0.4) is 0 Å². The highest BCUT2D eigenvalue weighted by Crippen LogP contribution is 2.22. The number of nitrogens with one attached hydrogen (secondary N) is 1. The lowest BCUT2D eigenvalue weighted by Gasteiger charge is -2.26. The van der Waals surface area contributed by atoms with Gasteiger partial charge >= 0.3 is 6.03 Å². The van der Waals surface area contributed by atoms with Crippen LogP contribution in [0.25, 0.3) is 11.8 Å². The number of nitrogens with zero attached hydrogens (tertiary/aromatic N) is 3. The quantitative estimate of drug-likeness (QED) is 0.554. The Kier molecular flexibility index (Phi) is 4.56. The molecule has 29 heavy (non-hydrogen) atoms. The van der Waals surface area contributed by atoms with Gasteiger partial charge in [0.15, 0.2) is 0 Å². The number of imide groups is 2. The van der Waals surface area contributed by atoms with Crippen molar-refractivity contribution in [2.75, 3.05) is 4.90 Å². The van der Waals surface area contributed by atoms with Crippen molar-refractivity contribution in [3.8, 4) is 5.69 Å². The van der Waals surface area contributed by atoms with Gasteiger partial charge in [0.1, 0.15) is 5.57 Å². The molecule has 0 spiro atoms. The average Bonchev–Trinajstić information content (AvgIpc) is 3.16. The maximum Gasteiger partial charge on any atom is 0.335 e. The molecule has 1 saturated heterocycles. The molecule has 0 aliphatic carbocycles. The smallest absolute Gasteiger partial charge is 0.273 e. The first-order chi connectivity index (χ1) is 13.9. The molecule has 0 saturated carbocycles. The van der Waals surface area contributed by atoms with Crippen LogP contribution >= 0.6 is 0 Å². The zero-order valence-electron chi connectivity index (χ0n) is 15.9. The minimum absolute atomic E-state index is 0.131. The molecular formula is C22H18N4O3. The highest BCUT2D eigenvalue weighted by molar-refractivity contribution is 6.39. The van der Waals surface area contributed by atoms with Gasteiger partial charge in [-0.3, -0.25) is 14.9 Å². The maximum atomic E-state index is 12.9. The van der Waals surface area contributed by atoms with Crippen LogP contribution in [0, 0.1) is 13.8 Å². The van der Waals surface area contributed by atoms with E-state index < -0.39 is 17.8 Å². The predicted octanol–water partition coefficient (Wildman–Crippen LogP) is 3.16. The fourth-order valence-electron chi connectivity index (χ4n) is 3.00. The highest BCUT2D eigenvalue weighted by atomic mass is 16.2. The van der Waals surface area contributed by atoms with E-state index in [1.165, 1.54) is 6.08 Å². The number of aryl methyl sites for hydroxylation is 2. The first-order valence-corrected chi connectivity index (χ1v) is 9.02. The van der Waals surface area contributed by atoms with E-state index in [1.54, 1.807) is 41.3 Å². The van der Waals surface area contributed by atoms with E-state index in [0.717, 1.165) is 21.7 Å². The number of hydrogen-bond acceptors (Lipinski definition) is 4. The topological polar surface area (TPSA) is 84.3 Å². The van der Waals surface area contributed by atoms with Crippen LogP contribution in [-0.4, -0.2) is 27.6 Å². The third kappa shape index (κ3) is 3.58. The molecule has 0 radical (unpaired) electrons. The zero-order chi connectivity index (χ0) is 20.5. The molecule has 1 aliphatic rings. The lowest BCUT2D eigenvalue weighted by molar-refractivity contribution is -0.122. The summed E-state index contributed by atoms with van der Waals surface area (Å²) < 4.78 is 1.65. The van der Waals surface area contributed by atoms with Gasteiger partial charge in [0.2, 0.25) is 0 Å². The largest absolute Gasteiger partial charge is 0.335 e. The van der Waals surface area contributed by atoms with Crippen molar-refractivity contribution in [3.63, 3.8) is 0 Å². The Balaban J connectivity index is 1.66. The van der Waals surface area contributed by atoms with Crippen molar-refractivity contribution in [2.24, 2.45) is 0 Å². The molecule has 4 amide bonds. The monoisotopic (exact) mass is 386 g/mol. The molecular weight excluding hydrogens is 368 g/mol. The van der Waals surface area contributed by atoms with Gasteiger partial charge in [0.25, 0.3) is 11.8 Å². The Morgan fingerprint density at radius 3 is 2.07 bits per heavy atom. The van der Waals surface area contributed by atoms with Crippen LogP contribution in [0.2, 0.25) is 0 Å². The zero-order valence-corrected chi connectivity index (χ0v) is 15.9. The first-order valence-electron chi connectivity index (χ1n) is 9.02. The van der Waals surface area contributed by atoms with Crippen molar-refractivity contribution in [1.82, 2.24) is 15.1 Å². The Bertz CT molecular complexity index is 1140. The number of urea groups is 1.